The summed E-state index contributed by atoms with van der Waals surface area (Å²) in [6.45, 7) is 6.19. The Morgan fingerprint density at radius 2 is 1.80 bits per heavy atom. The van der Waals surface area contributed by atoms with Gasteiger partial charge in [0, 0.05) is 24.5 Å². The number of para-hydroxylation sites is 1. The number of thiocarbonyl (C=S) groups is 1. The average Bonchev–Trinajstić information content (AvgIpc) is 2.64. The molecule has 0 aliphatic heterocycles. The van der Waals surface area contributed by atoms with Crippen LogP contribution in [0.2, 0.25) is 0 Å². The van der Waals surface area contributed by atoms with Crippen LogP contribution in [0, 0.1) is 0 Å². The molecular formula is C19H20N4OS. The number of aromatic nitrogens is 2. The largest absolute Gasteiger partial charge is 0.372 e. The van der Waals surface area contributed by atoms with Gasteiger partial charge in [0.2, 0.25) is 0 Å². The van der Waals surface area contributed by atoms with Crippen molar-refractivity contribution in [3.05, 3.63) is 64.7 Å². The number of fused-ring (bicyclic) bond motifs is 1. The van der Waals surface area contributed by atoms with Crippen LogP contribution in [-0.2, 0) is 0 Å². The average molecular weight is 352 g/mol. The summed E-state index contributed by atoms with van der Waals surface area (Å²) in [4.78, 5) is 22.0. The Morgan fingerprint density at radius 1 is 1.12 bits per heavy atom. The first kappa shape index (κ1) is 17.1. The highest BCUT2D eigenvalue weighted by molar-refractivity contribution is 7.81. The standard InChI is InChI=1S/C19H20N4OS/c1-3-23(4-2)14-11-9-13(10-12-14)20-19(25)17-21-16-8-6-5-7-15(16)18(24)22-17/h5-12H,3-4H2,1-2H3,(H,20,25)(H,21,22,24). The fourth-order valence-corrected chi connectivity index (χ4v) is 2.94. The fourth-order valence-electron chi connectivity index (χ4n) is 2.73. The summed E-state index contributed by atoms with van der Waals surface area (Å²) >= 11 is 5.40. The molecule has 2 N–H and O–H groups in total. The summed E-state index contributed by atoms with van der Waals surface area (Å²) in [6.07, 6.45) is 0. The van der Waals surface area contributed by atoms with E-state index in [1.165, 1.54) is 5.69 Å². The molecule has 3 aromatic rings. The van der Waals surface area contributed by atoms with Crippen LogP contribution in [0.15, 0.2) is 53.3 Å². The van der Waals surface area contributed by atoms with Crippen molar-refractivity contribution in [2.24, 2.45) is 0 Å². The van der Waals surface area contributed by atoms with E-state index in [1.54, 1.807) is 12.1 Å². The highest BCUT2D eigenvalue weighted by Gasteiger charge is 2.09. The van der Waals surface area contributed by atoms with Crippen molar-refractivity contribution < 1.29 is 0 Å². The summed E-state index contributed by atoms with van der Waals surface area (Å²) in [5.74, 6) is 0.367. The van der Waals surface area contributed by atoms with Gasteiger partial charge in [-0.3, -0.25) is 4.79 Å². The molecule has 6 heteroatoms. The van der Waals surface area contributed by atoms with Gasteiger partial charge in [-0.1, -0.05) is 24.4 Å². The molecule has 0 amide bonds. The van der Waals surface area contributed by atoms with Crippen molar-refractivity contribution in [2.75, 3.05) is 23.3 Å². The van der Waals surface area contributed by atoms with Gasteiger partial charge in [-0.2, -0.15) is 0 Å². The van der Waals surface area contributed by atoms with Crippen LogP contribution in [0.25, 0.3) is 10.9 Å². The van der Waals surface area contributed by atoms with Gasteiger partial charge in [0.15, 0.2) is 5.82 Å². The van der Waals surface area contributed by atoms with Crippen LogP contribution < -0.4 is 15.8 Å². The molecule has 3 rings (SSSR count). The molecule has 128 valence electrons. The van der Waals surface area contributed by atoms with Crippen LogP contribution in [0.5, 0.6) is 0 Å². The van der Waals surface area contributed by atoms with Gasteiger partial charge in [-0.15, -0.1) is 0 Å². The molecule has 0 radical (unpaired) electrons. The van der Waals surface area contributed by atoms with Gasteiger partial charge in [0.05, 0.1) is 10.9 Å². The number of hydrogen-bond donors (Lipinski definition) is 2. The second kappa shape index (κ2) is 7.44. The van der Waals surface area contributed by atoms with Crippen LogP contribution in [0.3, 0.4) is 0 Å². The topological polar surface area (TPSA) is 61.0 Å². The molecule has 0 bridgehead atoms. The molecule has 1 aromatic heterocycles. The number of benzene rings is 2. The maximum atomic E-state index is 12.2. The maximum absolute atomic E-state index is 12.2. The Kier molecular flexibility index (Phi) is 5.09. The SMILES string of the molecule is CCN(CC)c1ccc(NC(=S)c2nc3ccccc3c(=O)[nH]2)cc1. The Labute approximate surface area is 151 Å². The summed E-state index contributed by atoms with van der Waals surface area (Å²) in [7, 11) is 0. The third-order valence-corrected chi connectivity index (χ3v) is 4.38. The lowest BCUT2D eigenvalue weighted by molar-refractivity contribution is 0.866. The molecule has 5 nitrogen and oxygen atoms in total. The zero-order valence-electron chi connectivity index (χ0n) is 14.2. The number of rotatable bonds is 5. The van der Waals surface area contributed by atoms with Crippen molar-refractivity contribution in [2.45, 2.75) is 13.8 Å². The van der Waals surface area contributed by atoms with Gasteiger partial charge < -0.3 is 15.2 Å². The predicted octanol–water partition coefficient (Wildman–Crippen LogP) is 3.56. The number of nitrogens with zero attached hydrogens (tertiary/aromatic N) is 2. The smallest absolute Gasteiger partial charge is 0.259 e. The minimum Gasteiger partial charge on any atom is -0.372 e. The highest BCUT2D eigenvalue weighted by Crippen LogP contribution is 2.18. The van der Waals surface area contributed by atoms with Crippen LogP contribution in [0.4, 0.5) is 11.4 Å². The predicted molar refractivity (Wildman–Crippen MR) is 108 cm³/mol. The molecule has 0 spiro atoms. The van der Waals surface area contributed by atoms with Crippen LogP contribution in [0.1, 0.15) is 19.7 Å². The zero-order valence-corrected chi connectivity index (χ0v) is 15.1. The number of aromatic amines is 1. The molecule has 25 heavy (non-hydrogen) atoms. The lowest BCUT2D eigenvalue weighted by atomic mass is 10.2. The summed E-state index contributed by atoms with van der Waals surface area (Å²) in [6, 6.07) is 15.2. The van der Waals surface area contributed by atoms with Crippen molar-refractivity contribution in [1.82, 2.24) is 9.97 Å². The molecule has 1 heterocycles. The minimum absolute atomic E-state index is 0.193. The second-order valence-electron chi connectivity index (χ2n) is 5.60. The Morgan fingerprint density at radius 3 is 2.48 bits per heavy atom. The highest BCUT2D eigenvalue weighted by atomic mass is 32.1. The van der Waals surface area contributed by atoms with Gasteiger partial charge in [-0.25, -0.2) is 4.98 Å². The van der Waals surface area contributed by atoms with Crippen molar-refractivity contribution >= 4 is 39.5 Å². The Balaban J connectivity index is 1.81. The fraction of sp³-hybridized carbons (Fsp3) is 0.211. The summed E-state index contributed by atoms with van der Waals surface area (Å²) in [5.41, 5.74) is 2.46. The lowest BCUT2D eigenvalue weighted by Gasteiger charge is -2.21. The first-order valence-electron chi connectivity index (χ1n) is 8.27. The normalized spacial score (nSPS) is 10.6. The Bertz CT molecular complexity index is 946. The van der Waals surface area contributed by atoms with E-state index < -0.39 is 0 Å². The van der Waals surface area contributed by atoms with E-state index in [0.29, 0.717) is 21.7 Å². The molecule has 0 unspecified atom stereocenters. The van der Waals surface area contributed by atoms with E-state index in [9.17, 15) is 4.79 Å². The Hall–Kier alpha value is -2.73. The quantitative estimate of drug-likeness (QED) is 0.688. The molecule has 0 saturated carbocycles. The van der Waals surface area contributed by atoms with E-state index in [-0.39, 0.29) is 5.56 Å². The zero-order chi connectivity index (χ0) is 17.8. The van der Waals surface area contributed by atoms with Gasteiger partial charge >= 0.3 is 0 Å². The molecule has 0 aliphatic carbocycles. The van der Waals surface area contributed by atoms with E-state index in [2.05, 4.69) is 46.2 Å². The van der Waals surface area contributed by atoms with Gasteiger partial charge in [0.25, 0.3) is 5.56 Å². The molecule has 0 aliphatic rings. The van der Waals surface area contributed by atoms with Crippen LogP contribution in [-0.4, -0.2) is 28.0 Å². The lowest BCUT2D eigenvalue weighted by Crippen LogP contribution is -2.22. The number of hydrogen-bond acceptors (Lipinski definition) is 4. The van der Waals surface area contributed by atoms with E-state index in [0.717, 1.165) is 18.8 Å². The second-order valence-corrected chi connectivity index (χ2v) is 6.01. The molecular weight excluding hydrogens is 332 g/mol. The van der Waals surface area contributed by atoms with Crippen molar-refractivity contribution in [3.8, 4) is 0 Å². The van der Waals surface area contributed by atoms with Crippen molar-refractivity contribution in [1.29, 1.82) is 0 Å². The minimum atomic E-state index is -0.193. The van der Waals surface area contributed by atoms with Crippen molar-refractivity contribution in [3.63, 3.8) is 0 Å². The monoisotopic (exact) mass is 352 g/mol. The van der Waals surface area contributed by atoms with E-state index in [1.807, 2.05) is 24.3 Å². The first-order valence-corrected chi connectivity index (χ1v) is 8.68. The molecule has 0 saturated heterocycles. The molecule has 2 aromatic carbocycles. The third kappa shape index (κ3) is 3.69. The van der Waals surface area contributed by atoms with Gasteiger partial charge in [0.1, 0.15) is 4.99 Å². The first-order chi connectivity index (χ1) is 12.1. The number of anilines is 2. The number of nitrogens with one attached hydrogen (secondary N) is 2. The van der Waals surface area contributed by atoms with E-state index in [4.69, 9.17) is 12.2 Å². The number of H-pyrrole nitrogens is 1. The third-order valence-electron chi connectivity index (χ3n) is 4.08. The van der Waals surface area contributed by atoms with Gasteiger partial charge in [-0.05, 0) is 50.2 Å². The van der Waals surface area contributed by atoms with E-state index >= 15 is 0 Å². The maximum Gasteiger partial charge on any atom is 0.259 e. The van der Waals surface area contributed by atoms with Crippen LogP contribution >= 0.6 is 12.2 Å². The molecule has 0 atom stereocenters. The molecule has 0 fully saturated rings. The summed E-state index contributed by atoms with van der Waals surface area (Å²) < 4.78 is 0. The summed E-state index contributed by atoms with van der Waals surface area (Å²) in [5, 5.41) is 3.69.